The number of aryl methyl sites for hydroxylation is 2. The van der Waals surface area contributed by atoms with Crippen LogP contribution in [-0.2, 0) is 17.8 Å². The topological polar surface area (TPSA) is 43.2 Å². The highest BCUT2D eigenvalue weighted by molar-refractivity contribution is 5.37. The second-order valence-corrected chi connectivity index (χ2v) is 7.63. The predicted octanol–water partition coefficient (Wildman–Crippen LogP) is 4.07. The summed E-state index contributed by atoms with van der Waals surface area (Å²) in [6.45, 7) is 7.63. The van der Waals surface area contributed by atoms with Crippen molar-refractivity contribution >= 4 is 0 Å². The van der Waals surface area contributed by atoms with Crippen LogP contribution in [-0.4, -0.2) is 38.9 Å². The van der Waals surface area contributed by atoms with Crippen molar-refractivity contribution < 1.29 is 4.74 Å². The van der Waals surface area contributed by atoms with Gasteiger partial charge in [-0.1, -0.05) is 18.2 Å². The maximum atomic E-state index is 5.89. The van der Waals surface area contributed by atoms with E-state index in [9.17, 15) is 0 Å². The normalized spacial score (nSPS) is 16.8. The van der Waals surface area contributed by atoms with E-state index in [1.165, 1.54) is 5.56 Å². The zero-order chi connectivity index (χ0) is 19.3. The molecule has 0 bridgehead atoms. The molecule has 0 amide bonds. The summed E-state index contributed by atoms with van der Waals surface area (Å²) in [5, 5.41) is 4.62. The molecule has 0 saturated carbocycles. The molecule has 3 heterocycles. The largest absolute Gasteiger partial charge is 0.377 e. The molecule has 1 aliphatic rings. The van der Waals surface area contributed by atoms with E-state index in [1.807, 2.05) is 23.9 Å². The fourth-order valence-corrected chi connectivity index (χ4v) is 3.92. The van der Waals surface area contributed by atoms with Crippen molar-refractivity contribution in [1.82, 2.24) is 19.7 Å². The molecule has 1 saturated heterocycles. The number of hydrogen-bond acceptors (Lipinski definition) is 4. The number of hydrogen-bond donors (Lipinski definition) is 0. The molecular weight excluding hydrogens is 348 g/mol. The van der Waals surface area contributed by atoms with Crippen molar-refractivity contribution in [3.05, 3.63) is 77.4 Å². The maximum absolute atomic E-state index is 5.89. The number of nitrogens with zero attached hydrogens (tertiary/aromatic N) is 4. The van der Waals surface area contributed by atoms with Crippen molar-refractivity contribution in [2.75, 3.05) is 13.2 Å². The zero-order valence-corrected chi connectivity index (χ0v) is 16.7. The summed E-state index contributed by atoms with van der Waals surface area (Å²) in [4.78, 5) is 6.96. The van der Waals surface area contributed by atoms with Crippen LogP contribution in [0.2, 0.25) is 0 Å². The minimum absolute atomic E-state index is 0.322. The van der Waals surface area contributed by atoms with Crippen molar-refractivity contribution in [3.63, 3.8) is 0 Å². The van der Waals surface area contributed by atoms with Crippen molar-refractivity contribution in [1.29, 1.82) is 0 Å². The average molecular weight is 377 g/mol. The molecule has 0 aliphatic carbocycles. The summed E-state index contributed by atoms with van der Waals surface area (Å²) in [6, 6.07) is 16.9. The van der Waals surface area contributed by atoms with Crippen LogP contribution in [0.25, 0.3) is 5.69 Å². The van der Waals surface area contributed by atoms with Crippen LogP contribution in [0.1, 0.15) is 35.5 Å². The standard InChI is InChI=1S/C23H28N4O/c1-18-13-19(2)27(25-18)22-9-5-7-20(14-22)15-26(17-23-10-6-12-28-23)16-21-8-3-4-11-24-21/h3-5,7-9,11,13-14,23H,6,10,12,15-17H2,1-2H3. The lowest BCUT2D eigenvalue weighted by Crippen LogP contribution is -2.31. The highest BCUT2D eigenvalue weighted by atomic mass is 16.5. The molecule has 146 valence electrons. The van der Waals surface area contributed by atoms with Gasteiger partial charge in [0.2, 0.25) is 0 Å². The summed E-state index contributed by atoms with van der Waals surface area (Å²) in [5.74, 6) is 0. The van der Waals surface area contributed by atoms with Gasteiger partial charge in [0.05, 0.1) is 23.2 Å². The van der Waals surface area contributed by atoms with Gasteiger partial charge < -0.3 is 4.74 Å². The van der Waals surface area contributed by atoms with E-state index < -0.39 is 0 Å². The van der Waals surface area contributed by atoms with Gasteiger partial charge in [-0.25, -0.2) is 4.68 Å². The first-order chi connectivity index (χ1) is 13.7. The van der Waals surface area contributed by atoms with Crippen LogP contribution < -0.4 is 0 Å². The highest BCUT2D eigenvalue weighted by Gasteiger charge is 2.20. The van der Waals surface area contributed by atoms with E-state index in [-0.39, 0.29) is 0 Å². The van der Waals surface area contributed by atoms with Gasteiger partial charge in [-0.05, 0) is 62.6 Å². The van der Waals surface area contributed by atoms with Crippen molar-refractivity contribution in [2.24, 2.45) is 0 Å². The van der Waals surface area contributed by atoms with Crippen LogP contribution >= 0.6 is 0 Å². The molecule has 0 N–H and O–H groups in total. The van der Waals surface area contributed by atoms with Gasteiger partial charge in [0, 0.05) is 38.1 Å². The molecule has 28 heavy (non-hydrogen) atoms. The lowest BCUT2D eigenvalue weighted by atomic mass is 10.1. The number of aromatic nitrogens is 3. The van der Waals surface area contributed by atoms with Crippen molar-refractivity contribution in [3.8, 4) is 5.69 Å². The Morgan fingerprint density at radius 1 is 1.11 bits per heavy atom. The van der Waals surface area contributed by atoms with Gasteiger partial charge in [0.25, 0.3) is 0 Å². The van der Waals surface area contributed by atoms with Crippen LogP contribution in [0, 0.1) is 13.8 Å². The maximum Gasteiger partial charge on any atom is 0.0703 e. The van der Waals surface area contributed by atoms with Crippen LogP contribution in [0.3, 0.4) is 0 Å². The average Bonchev–Trinajstić information content (AvgIpc) is 3.32. The first-order valence-electron chi connectivity index (χ1n) is 10.0. The first kappa shape index (κ1) is 18.8. The number of pyridine rings is 1. The Kier molecular flexibility index (Phi) is 5.84. The quantitative estimate of drug-likeness (QED) is 0.624. The fourth-order valence-electron chi connectivity index (χ4n) is 3.92. The Morgan fingerprint density at radius 2 is 2.04 bits per heavy atom. The first-order valence-corrected chi connectivity index (χ1v) is 10.0. The number of benzene rings is 1. The number of ether oxygens (including phenoxy) is 1. The molecule has 2 aromatic heterocycles. The summed E-state index contributed by atoms with van der Waals surface area (Å²) in [5.41, 5.74) is 5.67. The Labute approximate surface area is 167 Å². The predicted molar refractivity (Wildman–Crippen MR) is 110 cm³/mol. The third-order valence-corrected chi connectivity index (χ3v) is 5.17. The second kappa shape index (κ2) is 8.67. The minimum atomic E-state index is 0.322. The lowest BCUT2D eigenvalue weighted by Gasteiger charge is -2.25. The highest BCUT2D eigenvalue weighted by Crippen LogP contribution is 2.19. The monoisotopic (exact) mass is 376 g/mol. The summed E-state index contributed by atoms with van der Waals surface area (Å²) in [6.07, 6.45) is 4.49. The fraction of sp³-hybridized carbons (Fsp3) is 0.391. The van der Waals surface area contributed by atoms with Gasteiger partial charge in [-0.15, -0.1) is 0 Å². The minimum Gasteiger partial charge on any atom is -0.377 e. The van der Waals surface area contributed by atoms with E-state index in [4.69, 9.17) is 4.74 Å². The molecule has 5 nitrogen and oxygen atoms in total. The molecule has 1 aliphatic heterocycles. The zero-order valence-electron chi connectivity index (χ0n) is 16.7. The van der Waals surface area contributed by atoms with Crippen LogP contribution in [0.15, 0.2) is 54.7 Å². The van der Waals surface area contributed by atoms with Crippen LogP contribution in [0.4, 0.5) is 0 Å². The Balaban J connectivity index is 1.53. The molecule has 1 aromatic carbocycles. The van der Waals surface area contributed by atoms with Gasteiger partial charge in [0.1, 0.15) is 0 Å². The molecule has 0 spiro atoms. The molecule has 4 rings (SSSR count). The molecule has 1 atom stereocenters. The Hall–Kier alpha value is -2.50. The van der Waals surface area contributed by atoms with Gasteiger partial charge in [-0.3, -0.25) is 9.88 Å². The summed E-state index contributed by atoms with van der Waals surface area (Å²) < 4.78 is 7.91. The lowest BCUT2D eigenvalue weighted by molar-refractivity contribution is 0.0675. The van der Waals surface area contributed by atoms with Gasteiger partial charge >= 0.3 is 0 Å². The SMILES string of the molecule is Cc1cc(C)n(-c2cccc(CN(Cc3ccccn3)CC3CCCO3)c2)n1. The van der Waals surface area contributed by atoms with Crippen LogP contribution in [0.5, 0.6) is 0 Å². The second-order valence-electron chi connectivity index (χ2n) is 7.63. The smallest absolute Gasteiger partial charge is 0.0703 e. The Morgan fingerprint density at radius 3 is 2.75 bits per heavy atom. The molecule has 1 unspecified atom stereocenters. The third-order valence-electron chi connectivity index (χ3n) is 5.17. The van der Waals surface area contributed by atoms with Gasteiger partial charge in [0.15, 0.2) is 0 Å². The van der Waals surface area contributed by atoms with Gasteiger partial charge in [-0.2, -0.15) is 5.10 Å². The summed E-state index contributed by atoms with van der Waals surface area (Å²) in [7, 11) is 0. The molecular formula is C23H28N4O. The van der Waals surface area contributed by atoms with E-state index in [0.717, 1.165) is 61.9 Å². The third kappa shape index (κ3) is 4.66. The number of rotatable bonds is 7. The van der Waals surface area contributed by atoms with E-state index in [2.05, 4.69) is 64.4 Å². The Bertz CT molecular complexity index is 900. The molecule has 0 radical (unpaired) electrons. The van der Waals surface area contributed by atoms with E-state index in [0.29, 0.717) is 6.10 Å². The van der Waals surface area contributed by atoms with Crippen molar-refractivity contribution in [2.45, 2.75) is 45.9 Å². The molecule has 3 aromatic rings. The molecule has 5 heteroatoms. The van der Waals surface area contributed by atoms with E-state index >= 15 is 0 Å². The molecule has 1 fully saturated rings. The van der Waals surface area contributed by atoms with E-state index in [1.54, 1.807) is 0 Å². The summed E-state index contributed by atoms with van der Waals surface area (Å²) >= 11 is 0.